The summed E-state index contributed by atoms with van der Waals surface area (Å²) in [5, 5.41) is 9.80. The van der Waals surface area contributed by atoms with E-state index >= 15 is 4.39 Å². The summed E-state index contributed by atoms with van der Waals surface area (Å²) >= 11 is 0. The Hall–Kier alpha value is -3.94. The van der Waals surface area contributed by atoms with E-state index in [4.69, 9.17) is 0 Å². The zero-order valence-corrected chi connectivity index (χ0v) is 24.5. The number of rotatable bonds is 8. The third-order valence-electron chi connectivity index (χ3n) is 7.30. The molecule has 3 heterocycles. The molecule has 222 valence electrons. The first-order valence-electron chi connectivity index (χ1n) is 13.7. The second-order valence-corrected chi connectivity index (χ2v) is 12.7. The summed E-state index contributed by atoms with van der Waals surface area (Å²) in [4.78, 5) is 26.4. The molecule has 13 heteroatoms. The Kier molecular flexibility index (Phi) is 8.26. The van der Waals surface area contributed by atoms with Crippen LogP contribution in [0.5, 0.6) is 0 Å². The molecule has 0 spiro atoms. The normalized spacial score (nSPS) is 18.6. The van der Waals surface area contributed by atoms with Crippen LogP contribution in [0.2, 0.25) is 0 Å². The molecule has 2 aromatic carbocycles. The van der Waals surface area contributed by atoms with Crippen molar-refractivity contribution in [1.29, 1.82) is 0 Å². The number of piperazine rings is 1. The van der Waals surface area contributed by atoms with Crippen molar-refractivity contribution in [3.8, 4) is 11.3 Å². The van der Waals surface area contributed by atoms with Crippen molar-refractivity contribution in [1.82, 2.24) is 25.2 Å². The molecule has 0 saturated carbocycles. The Morgan fingerprint density at radius 3 is 2.50 bits per heavy atom. The minimum atomic E-state index is -3.81. The molecule has 4 aromatic rings. The van der Waals surface area contributed by atoms with Crippen molar-refractivity contribution in [3.63, 3.8) is 0 Å². The molecule has 1 unspecified atom stereocenters. The van der Waals surface area contributed by atoms with Crippen LogP contribution in [0, 0.1) is 11.6 Å². The highest BCUT2D eigenvalue weighted by Crippen LogP contribution is 2.34. The highest BCUT2D eigenvalue weighted by atomic mass is 32.2. The average Bonchev–Trinajstić information content (AvgIpc) is 3.35. The van der Waals surface area contributed by atoms with E-state index in [-0.39, 0.29) is 41.4 Å². The van der Waals surface area contributed by atoms with Crippen LogP contribution in [0.3, 0.4) is 0 Å². The highest BCUT2D eigenvalue weighted by Gasteiger charge is 2.30. The number of benzene rings is 2. The molecule has 1 saturated heterocycles. The Bertz CT molecular complexity index is 1730. The summed E-state index contributed by atoms with van der Waals surface area (Å²) in [6, 6.07) is 9.42. The van der Waals surface area contributed by atoms with Crippen molar-refractivity contribution in [2.24, 2.45) is 0 Å². The largest absolute Gasteiger partial charge is 0.359 e. The molecule has 2 aromatic heterocycles. The molecule has 0 radical (unpaired) electrons. The molecule has 1 aliphatic heterocycles. The lowest BCUT2D eigenvalue weighted by Gasteiger charge is -2.40. The van der Waals surface area contributed by atoms with Crippen LogP contribution in [0.25, 0.3) is 22.2 Å². The van der Waals surface area contributed by atoms with E-state index in [0.29, 0.717) is 28.6 Å². The van der Waals surface area contributed by atoms with Gasteiger partial charge in [-0.2, -0.15) is 0 Å². The number of H-pyrrole nitrogens is 1. The molecular formula is C29H33F2N7O3S. The topological polar surface area (TPSA) is 132 Å². The number of para-hydroxylation sites is 1. The SMILES string of the molecule is CC[C@H](C(=O)Nc1cccc2c(-c3nc(Nc4cccc(S(C)(=O)=O)c4F)ncc3F)c[nH]c12)N1CC(C)N[C@H](C)C1. The number of carbonyl (C=O) groups excluding carboxylic acids is 1. The van der Waals surface area contributed by atoms with Gasteiger partial charge in [0.25, 0.3) is 0 Å². The van der Waals surface area contributed by atoms with Gasteiger partial charge in [-0.1, -0.05) is 25.1 Å². The monoisotopic (exact) mass is 597 g/mol. The van der Waals surface area contributed by atoms with Crippen LogP contribution in [-0.2, 0) is 14.6 Å². The number of nitrogens with one attached hydrogen (secondary N) is 4. The number of sulfone groups is 1. The maximum Gasteiger partial charge on any atom is 0.241 e. The lowest BCUT2D eigenvalue weighted by atomic mass is 10.1. The average molecular weight is 598 g/mol. The Morgan fingerprint density at radius 1 is 1.12 bits per heavy atom. The maximum absolute atomic E-state index is 15.0. The molecule has 0 bridgehead atoms. The summed E-state index contributed by atoms with van der Waals surface area (Å²) in [5.74, 6) is -1.95. The third kappa shape index (κ3) is 5.98. The number of aromatic amines is 1. The number of anilines is 3. The molecule has 5 rings (SSSR count). The van der Waals surface area contributed by atoms with Gasteiger partial charge in [0.15, 0.2) is 21.5 Å². The summed E-state index contributed by atoms with van der Waals surface area (Å²) in [6.07, 6.45) is 4.09. The number of hydrogen-bond acceptors (Lipinski definition) is 8. The van der Waals surface area contributed by atoms with Crippen LogP contribution < -0.4 is 16.0 Å². The second kappa shape index (κ2) is 11.7. The van der Waals surface area contributed by atoms with E-state index in [9.17, 15) is 17.6 Å². The fourth-order valence-electron chi connectivity index (χ4n) is 5.53. The number of fused-ring (bicyclic) bond motifs is 1. The van der Waals surface area contributed by atoms with Crippen molar-refractivity contribution in [2.45, 2.75) is 50.2 Å². The van der Waals surface area contributed by atoms with Gasteiger partial charge < -0.3 is 20.9 Å². The summed E-state index contributed by atoms with van der Waals surface area (Å²) in [7, 11) is -3.81. The minimum Gasteiger partial charge on any atom is -0.359 e. The number of amides is 1. The third-order valence-corrected chi connectivity index (χ3v) is 8.41. The zero-order chi connectivity index (χ0) is 30.2. The van der Waals surface area contributed by atoms with Crippen molar-refractivity contribution >= 4 is 44.0 Å². The number of nitrogens with zero attached hydrogens (tertiary/aromatic N) is 3. The summed E-state index contributed by atoms with van der Waals surface area (Å²) in [5.41, 5.74) is 1.32. The summed E-state index contributed by atoms with van der Waals surface area (Å²) < 4.78 is 53.7. The predicted molar refractivity (Wildman–Crippen MR) is 158 cm³/mol. The minimum absolute atomic E-state index is 0.0582. The zero-order valence-electron chi connectivity index (χ0n) is 23.7. The van der Waals surface area contributed by atoms with Crippen molar-refractivity contribution in [3.05, 3.63) is 60.4 Å². The lowest BCUT2D eigenvalue weighted by Crippen LogP contribution is -2.59. The van der Waals surface area contributed by atoms with Gasteiger partial charge in [0.1, 0.15) is 10.6 Å². The smallest absolute Gasteiger partial charge is 0.241 e. The number of hydrogen-bond donors (Lipinski definition) is 4. The van der Waals surface area contributed by atoms with Gasteiger partial charge >= 0.3 is 0 Å². The fraction of sp³-hybridized carbons (Fsp3) is 0.345. The Labute approximate surface area is 242 Å². The van der Waals surface area contributed by atoms with Crippen LogP contribution in [0.4, 0.5) is 26.1 Å². The summed E-state index contributed by atoms with van der Waals surface area (Å²) in [6.45, 7) is 7.72. The number of halogens is 2. The van der Waals surface area contributed by atoms with Gasteiger partial charge in [0, 0.05) is 48.6 Å². The maximum atomic E-state index is 15.0. The van der Waals surface area contributed by atoms with Crippen molar-refractivity contribution in [2.75, 3.05) is 30.0 Å². The van der Waals surface area contributed by atoms with Gasteiger partial charge in [-0.3, -0.25) is 9.69 Å². The second-order valence-electron chi connectivity index (χ2n) is 10.7. The van der Waals surface area contributed by atoms with Crippen LogP contribution >= 0.6 is 0 Å². The van der Waals surface area contributed by atoms with Crippen molar-refractivity contribution < 1.29 is 22.0 Å². The Balaban J connectivity index is 1.43. The molecule has 42 heavy (non-hydrogen) atoms. The van der Waals surface area contributed by atoms with Crippen LogP contribution in [-0.4, -0.2) is 71.6 Å². The van der Waals surface area contributed by atoms with E-state index in [1.807, 2.05) is 6.92 Å². The molecular weight excluding hydrogens is 564 g/mol. The van der Waals surface area contributed by atoms with E-state index in [0.717, 1.165) is 31.6 Å². The van der Waals surface area contributed by atoms with E-state index in [2.05, 4.69) is 49.6 Å². The molecule has 1 aliphatic rings. The van der Waals surface area contributed by atoms with E-state index < -0.39 is 26.4 Å². The highest BCUT2D eigenvalue weighted by molar-refractivity contribution is 7.90. The molecule has 3 atom stereocenters. The predicted octanol–water partition coefficient (Wildman–Crippen LogP) is 4.45. The fourth-order valence-corrected chi connectivity index (χ4v) is 6.30. The first kappa shape index (κ1) is 29.5. The van der Waals surface area contributed by atoms with Gasteiger partial charge in [-0.25, -0.2) is 27.2 Å². The van der Waals surface area contributed by atoms with Gasteiger partial charge in [-0.15, -0.1) is 0 Å². The molecule has 0 aliphatic carbocycles. The van der Waals surface area contributed by atoms with E-state index in [1.54, 1.807) is 24.4 Å². The first-order valence-corrected chi connectivity index (χ1v) is 15.5. The number of aromatic nitrogens is 3. The van der Waals surface area contributed by atoms with Gasteiger partial charge in [0.05, 0.1) is 29.1 Å². The lowest BCUT2D eigenvalue weighted by molar-refractivity contribution is -0.122. The van der Waals surface area contributed by atoms with Gasteiger partial charge in [0.2, 0.25) is 11.9 Å². The molecule has 10 nitrogen and oxygen atoms in total. The molecule has 1 fully saturated rings. The number of carbonyl (C=O) groups is 1. The Morgan fingerprint density at radius 2 is 1.81 bits per heavy atom. The standard InChI is InChI=1S/C29H33F2N7O3S/c1-5-23(38-14-16(2)34-17(3)15-38)28(39)35-22-10-6-8-18-19(12-32-27(18)22)26-20(30)13-33-29(37-26)36-21-9-7-11-24(25(21)31)42(4,40)41/h6-13,16-17,23,32,34H,5,14-15H2,1-4H3,(H,35,39)(H,33,36,37)/t16-,17?,23-/m1/s1. The molecule has 4 N–H and O–H groups in total. The van der Waals surface area contributed by atoms with Crippen LogP contribution in [0.1, 0.15) is 27.2 Å². The molecule has 1 amide bonds. The van der Waals surface area contributed by atoms with Gasteiger partial charge in [-0.05, 0) is 38.5 Å². The van der Waals surface area contributed by atoms with Crippen LogP contribution in [0.15, 0.2) is 53.7 Å². The quantitative estimate of drug-likeness (QED) is 0.234. The first-order chi connectivity index (χ1) is 20.0. The van der Waals surface area contributed by atoms with E-state index in [1.165, 1.54) is 12.1 Å².